The van der Waals surface area contributed by atoms with E-state index in [2.05, 4.69) is 37.3 Å². The van der Waals surface area contributed by atoms with Crippen LogP contribution in [0.25, 0.3) is 6.08 Å². The van der Waals surface area contributed by atoms with E-state index in [-0.39, 0.29) is 5.91 Å². The molecule has 0 fully saturated rings. The molecule has 0 unspecified atom stereocenters. The van der Waals surface area contributed by atoms with E-state index in [0.29, 0.717) is 17.9 Å². The van der Waals surface area contributed by atoms with Gasteiger partial charge in [0.2, 0.25) is 0 Å². The molecule has 0 spiro atoms. The van der Waals surface area contributed by atoms with Crippen molar-refractivity contribution in [3.63, 3.8) is 0 Å². The molecule has 3 aromatic carbocycles. The highest BCUT2D eigenvalue weighted by atomic mass is 32.2. The number of hydrogen-bond acceptors (Lipinski definition) is 4. The molecule has 0 atom stereocenters. The second-order valence-corrected chi connectivity index (χ2v) is 8.75. The first kappa shape index (κ1) is 20.3. The summed E-state index contributed by atoms with van der Waals surface area (Å²) in [6.45, 7) is 2.50. The van der Waals surface area contributed by atoms with Crippen LogP contribution in [0.2, 0.25) is 0 Å². The van der Waals surface area contributed by atoms with E-state index in [4.69, 9.17) is 9.84 Å². The molecule has 5 heteroatoms. The number of hydrazone groups is 1. The highest BCUT2D eigenvalue weighted by molar-refractivity contribution is 8.00. The minimum Gasteiger partial charge on any atom is -0.488 e. The lowest BCUT2D eigenvalue weighted by Gasteiger charge is -2.16. The number of anilines is 1. The zero-order valence-electron chi connectivity index (χ0n) is 17.7. The quantitative estimate of drug-likeness (QED) is 0.368. The standard InChI is InChI=1S/C27H22N2O2S/c1-19-11-13-23(14-12-19)32-18-25-24(27(30)29(28-25)22-8-3-2-4-9-22)16-20-15-21-7-5-6-10-26(21)31-17-20/h2-16H,17-18H2,1H3. The van der Waals surface area contributed by atoms with Gasteiger partial charge >= 0.3 is 0 Å². The largest absolute Gasteiger partial charge is 0.488 e. The Morgan fingerprint density at radius 1 is 1.00 bits per heavy atom. The predicted octanol–water partition coefficient (Wildman–Crippen LogP) is 5.89. The molecule has 0 aromatic heterocycles. The van der Waals surface area contributed by atoms with Crippen LogP contribution in [0.4, 0.5) is 5.69 Å². The first-order valence-electron chi connectivity index (χ1n) is 10.5. The van der Waals surface area contributed by atoms with E-state index in [9.17, 15) is 4.79 Å². The molecule has 2 aliphatic rings. The molecule has 2 heterocycles. The van der Waals surface area contributed by atoms with Gasteiger partial charge in [-0.25, -0.2) is 0 Å². The molecule has 32 heavy (non-hydrogen) atoms. The Kier molecular flexibility index (Phi) is 5.65. The molecule has 5 rings (SSSR count). The van der Waals surface area contributed by atoms with Gasteiger partial charge in [-0.05, 0) is 55.0 Å². The lowest BCUT2D eigenvalue weighted by molar-refractivity contribution is -0.114. The lowest BCUT2D eigenvalue weighted by atomic mass is 10.0. The number of nitrogens with zero attached hydrogens (tertiary/aromatic N) is 2. The van der Waals surface area contributed by atoms with Gasteiger partial charge in [0.15, 0.2) is 0 Å². The normalized spacial score (nSPS) is 16.5. The van der Waals surface area contributed by atoms with E-state index in [1.807, 2.05) is 60.7 Å². The molecular formula is C27H22N2O2S. The van der Waals surface area contributed by atoms with Crippen LogP contribution < -0.4 is 9.75 Å². The molecule has 2 aliphatic heterocycles. The Morgan fingerprint density at radius 2 is 1.75 bits per heavy atom. The van der Waals surface area contributed by atoms with E-state index >= 15 is 0 Å². The molecule has 0 saturated heterocycles. The Labute approximate surface area is 191 Å². The van der Waals surface area contributed by atoms with Crippen molar-refractivity contribution in [1.82, 2.24) is 0 Å². The van der Waals surface area contributed by atoms with Gasteiger partial charge in [-0.1, -0.05) is 54.1 Å². The first-order valence-corrected chi connectivity index (χ1v) is 11.5. The Balaban J connectivity index is 1.46. The number of aryl methyl sites for hydroxylation is 1. The van der Waals surface area contributed by atoms with Gasteiger partial charge in [-0.15, -0.1) is 11.8 Å². The van der Waals surface area contributed by atoms with Crippen molar-refractivity contribution >= 4 is 35.1 Å². The third-order valence-corrected chi connectivity index (χ3v) is 6.36. The molecule has 3 aromatic rings. The molecule has 0 aliphatic carbocycles. The van der Waals surface area contributed by atoms with Crippen molar-refractivity contribution in [2.45, 2.75) is 11.8 Å². The van der Waals surface area contributed by atoms with E-state index in [0.717, 1.165) is 33.2 Å². The zero-order chi connectivity index (χ0) is 21.9. The summed E-state index contributed by atoms with van der Waals surface area (Å²) < 4.78 is 5.89. The van der Waals surface area contributed by atoms with Gasteiger partial charge < -0.3 is 4.74 Å². The van der Waals surface area contributed by atoms with Crippen molar-refractivity contribution in [3.05, 3.63) is 107 Å². The number of para-hydroxylation sites is 2. The van der Waals surface area contributed by atoms with Crippen molar-refractivity contribution in [2.75, 3.05) is 17.4 Å². The van der Waals surface area contributed by atoms with Crippen LogP contribution in [0.5, 0.6) is 5.75 Å². The van der Waals surface area contributed by atoms with Crippen LogP contribution in [0.15, 0.2) is 106 Å². The summed E-state index contributed by atoms with van der Waals surface area (Å²) in [5, 5.41) is 6.20. The number of benzene rings is 3. The van der Waals surface area contributed by atoms with Gasteiger partial charge in [0.25, 0.3) is 5.91 Å². The van der Waals surface area contributed by atoms with Gasteiger partial charge in [0.1, 0.15) is 12.4 Å². The second-order valence-electron chi connectivity index (χ2n) is 7.70. The SMILES string of the molecule is Cc1ccc(SCC2=NN(c3ccccc3)C(=O)C2=CC2=Cc3ccccc3OC2)cc1. The summed E-state index contributed by atoms with van der Waals surface area (Å²) in [7, 11) is 0. The van der Waals surface area contributed by atoms with E-state index < -0.39 is 0 Å². The van der Waals surface area contributed by atoms with Gasteiger partial charge in [0, 0.05) is 16.2 Å². The third kappa shape index (κ3) is 4.25. The number of thioether (sulfide) groups is 1. The van der Waals surface area contributed by atoms with E-state index in [1.165, 1.54) is 10.6 Å². The van der Waals surface area contributed by atoms with Crippen molar-refractivity contribution in [1.29, 1.82) is 0 Å². The molecule has 0 bridgehead atoms. The van der Waals surface area contributed by atoms with Crippen LogP contribution in [0, 0.1) is 6.92 Å². The number of carbonyl (C=O) groups is 1. The fourth-order valence-corrected chi connectivity index (χ4v) is 4.49. The predicted molar refractivity (Wildman–Crippen MR) is 131 cm³/mol. The van der Waals surface area contributed by atoms with Gasteiger partial charge in [0.05, 0.1) is 17.0 Å². The maximum Gasteiger partial charge on any atom is 0.280 e. The van der Waals surface area contributed by atoms with Crippen molar-refractivity contribution in [3.8, 4) is 5.75 Å². The van der Waals surface area contributed by atoms with Gasteiger partial charge in [-0.3, -0.25) is 4.79 Å². The number of fused-ring (bicyclic) bond motifs is 1. The second kappa shape index (κ2) is 8.89. The fraction of sp³-hybridized carbons (Fsp3) is 0.111. The number of rotatable bonds is 5. The van der Waals surface area contributed by atoms with E-state index in [1.54, 1.807) is 11.8 Å². The smallest absolute Gasteiger partial charge is 0.280 e. The number of amides is 1. The van der Waals surface area contributed by atoms with Crippen LogP contribution >= 0.6 is 11.8 Å². The monoisotopic (exact) mass is 438 g/mol. The molecule has 0 radical (unpaired) electrons. The topological polar surface area (TPSA) is 41.9 Å². The summed E-state index contributed by atoms with van der Waals surface area (Å²) in [4.78, 5) is 14.5. The zero-order valence-corrected chi connectivity index (χ0v) is 18.5. The Bertz CT molecular complexity index is 1240. The fourth-order valence-electron chi connectivity index (χ4n) is 3.64. The lowest BCUT2D eigenvalue weighted by Crippen LogP contribution is -2.22. The Morgan fingerprint density at radius 3 is 2.56 bits per heavy atom. The summed E-state index contributed by atoms with van der Waals surface area (Å²) >= 11 is 1.68. The molecule has 4 nitrogen and oxygen atoms in total. The number of hydrogen-bond donors (Lipinski definition) is 0. The van der Waals surface area contributed by atoms with Gasteiger partial charge in [-0.2, -0.15) is 10.1 Å². The van der Waals surface area contributed by atoms with Crippen molar-refractivity contribution < 1.29 is 9.53 Å². The number of ether oxygens (including phenoxy) is 1. The van der Waals surface area contributed by atoms with Crippen molar-refractivity contribution in [2.24, 2.45) is 5.10 Å². The molecular weight excluding hydrogens is 416 g/mol. The van der Waals surface area contributed by atoms with Crippen LogP contribution in [-0.4, -0.2) is 24.0 Å². The third-order valence-electron chi connectivity index (χ3n) is 5.34. The molecule has 0 N–H and O–H groups in total. The molecule has 0 saturated carbocycles. The highest BCUT2D eigenvalue weighted by Gasteiger charge is 2.31. The average molecular weight is 439 g/mol. The molecule has 158 valence electrons. The Hall–Kier alpha value is -3.57. The van der Waals surface area contributed by atoms with Crippen LogP contribution in [0.3, 0.4) is 0 Å². The summed E-state index contributed by atoms with van der Waals surface area (Å²) in [5.41, 5.74) is 5.34. The summed E-state index contributed by atoms with van der Waals surface area (Å²) in [6.07, 6.45) is 4.00. The highest BCUT2D eigenvalue weighted by Crippen LogP contribution is 2.30. The minimum atomic E-state index is -0.115. The average Bonchev–Trinajstić information content (AvgIpc) is 3.14. The van der Waals surface area contributed by atoms with Crippen LogP contribution in [0.1, 0.15) is 11.1 Å². The van der Waals surface area contributed by atoms with Crippen LogP contribution in [-0.2, 0) is 4.79 Å². The summed E-state index contributed by atoms with van der Waals surface area (Å²) in [5.74, 6) is 1.35. The molecule has 1 amide bonds. The number of carbonyl (C=O) groups excluding carboxylic acids is 1. The first-order chi connectivity index (χ1) is 15.7. The summed E-state index contributed by atoms with van der Waals surface area (Å²) in [6, 6.07) is 25.9. The minimum absolute atomic E-state index is 0.115. The maximum absolute atomic E-state index is 13.4. The maximum atomic E-state index is 13.4.